The summed E-state index contributed by atoms with van der Waals surface area (Å²) < 4.78 is 35.6. The standard InChI is InChI=1S/C25H23F2NO5/c26-17-7-6-14-8-13(4-5-15(14)10-17)9-16-11-28(19-3-1-2-18(27)21(16)19)25-24(32)23(31)22(30)20(12-29)33-25/h1-8,10-11,20,22-25,29-32H,9,12H2/t20-,22-,23+,24-,25-/m1/s1. The number of aliphatic hydroxyl groups is 4. The van der Waals surface area contributed by atoms with Crippen LogP contribution in [0.1, 0.15) is 17.4 Å². The number of nitrogens with zero attached hydrogens (tertiary/aromatic N) is 1. The maximum absolute atomic E-state index is 14.9. The van der Waals surface area contributed by atoms with E-state index in [4.69, 9.17) is 4.74 Å². The molecule has 0 amide bonds. The zero-order valence-corrected chi connectivity index (χ0v) is 17.5. The van der Waals surface area contributed by atoms with E-state index in [9.17, 15) is 29.2 Å². The number of hydrogen-bond acceptors (Lipinski definition) is 5. The Morgan fingerprint density at radius 2 is 1.64 bits per heavy atom. The molecule has 4 aromatic rings. The molecule has 8 heteroatoms. The van der Waals surface area contributed by atoms with Crippen LogP contribution in [0.5, 0.6) is 0 Å². The average Bonchev–Trinajstić information content (AvgIpc) is 3.17. The van der Waals surface area contributed by atoms with Crippen molar-refractivity contribution in [2.45, 2.75) is 37.1 Å². The van der Waals surface area contributed by atoms with Crippen LogP contribution >= 0.6 is 0 Å². The molecule has 0 bridgehead atoms. The molecule has 0 unspecified atom stereocenters. The van der Waals surface area contributed by atoms with Crippen molar-refractivity contribution in [2.24, 2.45) is 0 Å². The van der Waals surface area contributed by atoms with E-state index >= 15 is 0 Å². The number of aromatic nitrogens is 1. The second-order valence-electron chi connectivity index (χ2n) is 8.42. The molecule has 4 N–H and O–H groups in total. The summed E-state index contributed by atoms with van der Waals surface area (Å²) in [6.07, 6.45) is -4.74. The quantitative estimate of drug-likeness (QED) is 0.380. The highest BCUT2D eigenvalue weighted by Crippen LogP contribution is 2.35. The van der Waals surface area contributed by atoms with Gasteiger partial charge in [0, 0.05) is 11.6 Å². The third kappa shape index (κ3) is 3.80. The lowest BCUT2D eigenvalue weighted by Gasteiger charge is -2.40. The summed E-state index contributed by atoms with van der Waals surface area (Å²) in [5.41, 5.74) is 1.95. The molecule has 33 heavy (non-hydrogen) atoms. The van der Waals surface area contributed by atoms with Gasteiger partial charge in [-0.2, -0.15) is 0 Å². The van der Waals surface area contributed by atoms with Crippen molar-refractivity contribution in [1.29, 1.82) is 0 Å². The SMILES string of the molecule is OC[C@H]1O[C@@H](n2cc(Cc3ccc4cc(F)ccc4c3)c3c(F)cccc32)[C@H](O)[C@@H](O)[C@@H]1O. The molecule has 1 aliphatic rings. The molecule has 1 fully saturated rings. The van der Waals surface area contributed by atoms with Crippen LogP contribution in [0.4, 0.5) is 8.78 Å². The molecule has 0 radical (unpaired) electrons. The Morgan fingerprint density at radius 1 is 0.879 bits per heavy atom. The Labute approximate surface area is 187 Å². The van der Waals surface area contributed by atoms with Gasteiger partial charge >= 0.3 is 0 Å². The lowest BCUT2D eigenvalue weighted by atomic mass is 9.98. The van der Waals surface area contributed by atoms with Crippen molar-refractivity contribution in [3.63, 3.8) is 0 Å². The fourth-order valence-corrected chi connectivity index (χ4v) is 4.60. The van der Waals surface area contributed by atoms with E-state index in [1.54, 1.807) is 24.4 Å². The zero-order valence-electron chi connectivity index (χ0n) is 17.5. The lowest BCUT2D eigenvalue weighted by molar-refractivity contribution is -0.250. The molecule has 1 saturated heterocycles. The van der Waals surface area contributed by atoms with Crippen LogP contribution in [0.3, 0.4) is 0 Å². The highest BCUT2D eigenvalue weighted by molar-refractivity contribution is 5.86. The molecular weight excluding hydrogens is 432 g/mol. The monoisotopic (exact) mass is 455 g/mol. The van der Waals surface area contributed by atoms with E-state index in [0.717, 1.165) is 16.3 Å². The first kappa shape index (κ1) is 21.9. The van der Waals surface area contributed by atoms with Crippen molar-refractivity contribution in [1.82, 2.24) is 4.57 Å². The molecule has 0 saturated carbocycles. The van der Waals surface area contributed by atoms with Crippen molar-refractivity contribution < 1.29 is 33.9 Å². The minimum absolute atomic E-state index is 0.320. The van der Waals surface area contributed by atoms with Crippen molar-refractivity contribution >= 4 is 21.7 Å². The molecule has 3 aromatic carbocycles. The van der Waals surface area contributed by atoms with Gasteiger partial charge in [-0.1, -0.05) is 30.3 Å². The molecule has 1 aliphatic heterocycles. The minimum Gasteiger partial charge on any atom is -0.394 e. The number of fused-ring (bicyclic) bond motifs is 2. The highest BCUT2D eigenvalue weighted by atomic mass is 19.1. The predicted octanol–water partition coefficient (Wildman–Crippen LogP) is 2.64. The van der Waals surface area contributed by atoms with E-state index in [2.05, 4.69) is 0 Å². The summed E-state index contributed by atoms with van der Waals surface area (Å²) in [4.78, 5) is 0. The Balaban J connectivity index is 1.58. The van der Waals surface area contributed by atoms with E-state index in [0.29, 0.717) is 22.9 Å². The first-order valence-corrected chi connectivity index (χ1v) is 10.6. The highest BCUT2D eigenvalue weighted by Gasteiger charge is 2.44. The van der Waals surface area contributed by atoms with Crippen LogP contribution in [-0.4, -0.2) is 56.0 Å². The number of halogens is 2. The second kappa shape index (κ2) is 8.48. The summed E-state index contributed by atoms with van der Waals surface area (Å²) in [6.45, 7) is -0.556. The van der Waals surface area contributed by atoms with E-state index in [-0.39, 0.29) is 5.82 Å². The third-order valence-corrected chi connectivity index (χ3v) is 6.29. The maximum atomic E-state index is 14.9. The van der Waals surface area contributed by atoms with Crippen molar-refractivity contribution in [3.05, 3.63) is 83.6 Å². The number of benzene rings is 3. The van der Waals surface area contributed by atoms with Gasteiger partial charge < -0.3 is 29.7 Å². The van der Waals surface area contributed by atoms with Gasteiger partial charge in [0.2, 0.25) is 0 Å². The summed E-state index contributed by atoms with van der Waals surface area (Å²) in [6, 6.07) is 14.6. The fourth-order valence-electron chi connectivity index (χ4n) is 4.60. The molecule has 6 nitrogen and oxygen atoms in total. The van der Waals surface area contributed by atoms with Gasteiger partial charge in [-0.15, -0.1) is 0 Å². The first-order valence-electron chi connectivity index (χ1n) is 10.6. The van der Waals surface area contributed by atoms with Crippen LogP contribution in [0.15, 0.2) is 60.8 Å². The Bertz CT molecular complexity index is 1320. The van der Waals surface area contributed by atoms with Gasteiger partial charge in [-0.3, -0.25) is 0 Å². The van der Waals surface area contributed by atoms with Crippen LogP contribution in [0.25, 0.3) is 21.7 Å². The topological polar surface area (TPSA) is 95.1 Å². The lowest BCUT2D eigenvalue weighted by Crippen LogP contribution is -2.56. The van der Waals surface area contributed by atoms with Crippen LogP contribution in [0, 0.1) is 11.6 Å². The van der Waals surface area contributed by atoms with Crippen molar-refractivity contribution in [3.8, 4) is 0 Å². The molecule has 2 heterocycles. The number of aliphatic hydroxyl groups excluding tert-OH is 4. The third-order valence-electron chi connectivity index (χ3n) is 6.29. The van der Waals surface area contributed by atoms with Gasteiger partial charge in [-0.05, 0) is 52.6 Å². The molecule has 5 atom stereocenters. The molecular formula is C25H23F2NO5. The van der Waals surface area contributed by atoms with E-state index in [1.807, 2.05) is 12.1 Å². The van der Waals surface area contributed by atoms with Gasteiger partial charge in [0.25, 0.3) is 0 Å². The van der Waals surface area contributed by atoms with Gasteiger partial charge in [0.15, 0.2) is 6.23 Å². The summed E-state index contributed by atoms with van der Waals surface area (Å²) >= 11 is 0. The van der Waals surface area contributed by atoms with Gasteiger partial charge in [0.05, 0.1) is 12.1 Å². The zero-order chi connectivity index (χ0) is 23.3. The van der Waals surface area contributed by atoms with Crippen LogP contribution in [-0.2, 0) is 11.2 Å². The average molecular weight is 455 g/mol. The van der Waals surface area contributed by atoms with E-state index < -0.39 is 43.1 Å². The predicted molar refractivity (Wildman–Crippen MR) is 118 cm³/mol. The van der Waals surface area contributed by atoms with Crippen molar-refractivity contribution in [2.75, 3.05) is 6.61 Å². The normalized spacial score (nSPS) is 25.7. The smallest absolute Gasteiger partial charge is 0.163 e. The minimum atomic E-state index is -1.55. The number of hydrogen-bond donors (Lipinski definition) is 4. The molecule has 0 spiro atoms. The second-order valence-corrected chi connectivity index (χ2v) is 8.42. The molecule has 172 valence electrons. The van der Waals surface area contributed by atoms with Crippen LogP contribution < -0.4 is 0 Å². The largest absolute Gasteiger partial charge is 0.394 e. The molecule has 1 aromatic heterocycles. The Hall–Kier alpha value is -2.88. The molecule has 0 aliphatic carbocycles. The Kier molecular flexibility index (Phi) is 5.64. The molecule has 5 rings (SSSR count). The summed E-state index contributed by atoms with van der Waals surface area (Å²) in [5.74, 6) is -0.770. The maximum Gasteiger partial charge on any atom is 0.163 e. The number of rotatable bonds is 4. The van der Waals surface area contributed by atoms with Gasteiger partial charge in [-0.25, -0.2) is 8.78 Å². The first-order chi connectivity index (χ1) is 15.9. The fraction of sp³-hybridized carbons (Fsp3) is 0.280. The van der Waals surface area contributed by atoms with Gasteiger partial charge in [0.1, 0.15) is 36.1 Å². The summed E-state index contributed by atoms with van der Waals surface area (Å²) in [5, 5.41) is 42.4. The Morgan fingerprint density at radius 3 is 2.42 bits per heavy atom. The van der Waals surface area contributed by atoms with Crippen LogP contribution in [0.2, 0.25) is 0 Å². The summed E-state index contributed by atoms with van der Waals surface area (Å²) in [7, 11) is 0. The van der Waals surface area contributed by atoms with E-state index in [1.165, 1.54) is 28.8 Å². The number of ether oxygens (including phenoxy) is 1.